The van der Waals surface area contributed by atoms with Crippen LogP contribution in [0.5, 0.6) is 0 Å². The van der Waals surface area contributed by atoms with Crippen molar-refractivity contribution in [2.45, 2.75) is 49.2 Å². The molecule has 0 unspecified atom stereocenters. The SMILES string of the molecule is O=C([O-])C1=C[C@H](O)[C@H](O)[C@H](O[C@H]2[C@H](O)[C@H](O)[C@H](O)O[C@H]2C(=O)[O-])O1. The number of carboxylic acids is 2. The molecule has 12 heteroatoms. The molecule has 2 aliphatic heterocycles. The van der Waals surface area contributed by atoms with Crippen LogP contribution in [0.3, 0.4) is 0 Å². The predicted octanol–water partition coefficient (Wildman–Crippen LogP) is -6.73. The van der Waals surface area contributed by atoms with Crippen LogP contribution in [0.1, 0.15) is 0 Å². The highest BCUT2D eigenvalue weighted by Crippen LogP contribution is 2.27. The zero-order valence-electron chi connectivity index (χ0n) is 11.8. The Bertz CT molecular complexity index is 532. The molecule has 0 amide bonds. The third-order valence-electron chi connectivity index (χ3n) is 3.48. The van der Waals surface area contributed by atoms with Crippen LogP contribution in [0.4, 0.5) is 0 Å². The van der Waals surface area contributed by atoms with Crippen molar-refractivity contribution < 1.29 is 59.5 Å². The highest BCUT2D eigenvalue weighted by atomic mass is 16.7. The minimum absolute atomic E-state index is 0.627. The Labute approximate surface area is 133 Å². The molecule has 0 aromatic heterocycles. The van der Waals surface area contributed by atoms with Crippen LogP contribution in [0.25, 0.3) is 0 Å². The lowest BCUT2D eigenvalue weighted by Crippen LogP contribution is -2.64. The first-order chi connectivity index (χ1) is 11.1. The Kier molecular flexibility index (Phi) is 5.39. The second-order valence-corrected chi connectivity index (χ2v) is 5.13. The van der Waals surface area contributed by atoms with Crippen LogP contribution < -0.4 is 10.2 Å². The van der Waals surface area contributed by atoms with E-state index < -0.39 is 66.9 Å². The van der Waals surface area contributed by atoms with Crippen molar-refractivity contribution in [3.05, 3.63) is 11.8 Å². The van der Waals surface area contributed by atoms with Crippen molar-refractivity contribution in [1.29, 1.82) is 0 Å². The first kappa shape index (κ1) is 18.5. The maximum Gasteiger partial charge on any atom is 0.229 e. The first-order valence-corrected chi connectivity index (χ1v) is 6.65. The fourth-order valence-corrected chi connectivity index (χ4v) is 2.22. The summed E-state index contributed by atoms with van der Waals surface area (Å²) in [6, 6.07) is 0. The van der Waals surface area contributed by atoms with Crippen LogP contribution in [0, 0.1) is 0 Å². The number of carboxylic acid groups (broad SMARTS) is 2. The van der Waals surface area contributed by atoms with Crippen molar-refractivity contribution in [2.75, 3.05) is 0 Å². The summed E-state index contributed by atoms with van der Waals surface area (Å²) in [5.41, 5.74) is 0. The van der Waals surface area contributed by atoms with Gasteiger partial charge in [0.15, 0.2) is 6.29 Å². The van der Waals surface area contributed by atoms with Crippen LogP contribution in [0.15, 0.2) is 11.8 Å². The van der Waals surface area contributed by atoms with Crippen molar-refractivity contribution in [1.82, 2.24) is 0 Å². The lowest BCUT2D eigenvalue weighted by molar-refractivity contribution is -0.360. The molecule has 2 heterocycles. The molecular formula is C12H14O12-2. The topological polar surface area (TPSA) is 209 Å². The van der Waals surface area contributed by atoms with Gasteiger partial charge in [-0.3, -0.25) is 0 Å². The van der Waals surface area contributed by atoms with E-state index in [9.17, 15) is 45.3 Å². The first-order valence-electron chi connectivity index (χ1n) is 6.65. The molecule has 2 rings (SSSR count). The Morgan fingerprint density at radius 3 is 2.21 bits per heavy atom. The number of rotatable bonds is 4. The average Bonchev–Trinajstić information content (AvgIpc) is 2.51. The van der Waals surface area contributed by atoms with Crippen LogP contribution >= 0.6 is 0 Å². The van der Waals surface area contributed by atoms with E-state index in [0.29, 0.717) is 6.08 Å². The molecular weight excluding hydrogens is 336 g/mol. The molecule has 0 radical (unpaired) electrons. The minimum Gasteiger partial charge on any atom is -0.547 e. The summed E-state index contributed by atoms with van der Waals surface area (Å²) < 4.78 is 14.2. The standard InChI is InChI=1S/C12H16O12/c13-2-1-3(9(17)18)22-12(4(2)14)24-7-5(15)6(16)11(21)23-8(7)10(19)20/h1-2,4-8,11-16,21H,(H,17,18)(H,19,20)/p-2/t2-,4-,5+,6-,7-,8+,11+,12-/m0/s1. The Hall–Kier alpha value is -1.80. The van der Waals surface area contributed by atoms with E-state index >= 15 is 0 Å². The zero-order valence-corrected chi connectivity index (χ0v) is 11.8. The zero-order chi connectivity index (χ0) is 18.2. The van der Waals surface area contributed by atoms with E-state index in [4.69, 9.17) is 9.47 Å². The van der Waals surface area contributed by atoms with E-state index in [1.165, 1.54) is 0 Å². The number of carbonyl (C=O) groups excluding carboxylic acids is 2. The Morgan fingerprint density at radius 2 is 1.67 bits per heavy atom. The number of hydrogen-bond acceptors (Lipinski definition) is 12. The number of aliphatic hydroxyl groups is 5. The van der Waals surface area contributed by atoms with Gasteiger partial charge in [-0.15, -0.1) is 0 Å². The van der Waals surface area contributed by atoms with Gasteiger partial charge in [0.25, 0.3) is 0 Å². The maximum atomic E-state index is 11.0. The molecule has 0 saturated carbocycles. The van der Waals surface area contributed by atoms with Gasteiger partial charge < -0.3 is 59.5 Å². The Morgan fingerprint density at radius 1 is 1.04 bits per heavy atom. The summed E-state index contributed by atoms with van der Waals surface area (Å²) in [5, 5.41) is 69.7. The fraction of sp³-hybridized carbons (Fsp3) is 0.667. The molecule has 0 bridgehead atoms. The quantitative estimate of drug-likeness (QED) is 0.320. The molecule has 0 aromatic rings. The van der Waals surface area contributed by atoms with Crippen molar-refractivity contribution >= 4 is 11.9 Å². The predicted molar refractivity (Wildman–Crippen MR) is 62.8 cm³/mol. The molecule has 8 atom stereocenters. The maximum absolute atomic E-state index is 11.0. The van der Waals surface area contributed by atoms with Gasteiger partial charge in [-0.25, -0.2) is 0 Å². The lowest BCUT2D eigenvalue weighted by atomic mass is 9.98. The largest absolute Gasteiger partial charge is 0.547 e. The summed E-state index contributed by atoms with van der Waals surface area (Å²) in [5.74, 6) is -4.66. The summed E-state index contributed by atoms with van der Waals surface area (Å²) in [7, 11) is 0. The van der Waals surface area contributed by atoms with Gasteiger partial charge in [-0.2, -0.15) is 0 Å². The van der Waals surface area contributed by atoms with Crippen LogP contribution in [-0.4, -0.2) is 86.7 Å². The third-order valence-corrected chi connectivity index (χ3v) is 3.48. The molecule has 136 valence electrons. The molecule has 1 saturated heterocycles. The van der Waals surface area contributed by atoms with Gasteiger partial charge >= 0.3 is 0 Å². The summed E-state index contributed by atoms with van der Waals surface area (Å²) in [4.78, 5) is 21.8. The smallest absolute Gasteiger partial charge is 0.229 e. The van der Waals surface area contributed by atoms with E-state index in [1.54, 1.807) is 0 Å². The fourth-order valence-electron chi connectivity index (χ4n) is 2.22. The van der Waals surface area contributed by atoms with E-state index in [1.807, 2.05) is 0 Å². The van der Waals surface area contributed by atoms with Gasteiger partial charge in [-0.05, 0) is 6.08 Å². The highest BCUT2D eigenvalue weighted by Gasteiger charge is 2.48. The highest BCUT2D eigenvalue weighted by molar-refractivity contribution is 5.82. The second kappa shape index (κ2) is 6.98. The van der Waals surface area contributed by atoms with Crippen LogP contribution in [0.2, 0.25) is 0 Å². The Balaban J connectivity index is 2.21. The van der Waals surface area contributed by atoms with E-state index in [0.717, 1.165) is 0 Å². The molecule has 5 N–H and O–H groups in total. The lowest BCUT2D eigenvalue weighted by Gasteiger charge is -2.43. The summed E-state index contributed by atoms with van der Waals surface area (Å²) >= 11 is 0. The van der Waals surface area contributed by atoms with Gasteiger partial charge in [0.1, 0.15) is 48.4 Å². The molecule has 2 aliphatic rings. The van der Waals surface area contributed by atoms with Gasteiger partial charge in [0.05, 0.1) is 5.97 Å². The number of aliphatic carboxylic acids is 2. The number of carbonyl (C=O) groups is 2. The molecule has 24 heavy (non-hydrogen) atoms. The number of aliphatic hydroxyl groups excluding tert-OH is 5. The number of ether oxygens (including phenoxy) is 3. The van der Waals surface area contributed by atoms with Gasteiger partial charge in [0, 0.05) is 0 Å². The van der Waals surface area contributed by atoms with Gasteiger partial charge in [0.2, 0.25) is 6.29 Å². The molecule has 0 spiro atoms. The van der Waals surface area contributed by atoms with Crippen molar-refractivity contribution in [3.8, 4) is 0 Å². The average molecular weight is 350 g/mol. The molecule has 0 aliphatic carbocycles. The van der Waals surface area contributed by atoms with Gasteiger partial charge in [-0.1, -0.05) is 0 Å². The monoisotopic (exact) mass is 350 g/mol. The molecule has 12 nitrogen and oxygen atoms in total. The van der Waals surface area contributed by atoms with Crippen molar-refractivity contribution in [3.63, 3.8) is 0 Å². The van der Waals surface area contributed by atoms with E-state index in [-0.39, 0.29) is 0 Å². The molecule has 1 fully saturated rings. The molecule has 0 aromatic carbocycles. The summed E-state index contributed by atoms with van der Waals surface area (Å²) in [6.45, 7) is 0. The normalized spacial score (nSPS) is 42.8. The summed E-state index contributed by atoms with van der Waals surface area (Å²) in [6.07, 6.45) is -14.9. The third kappa shape index (κ3) is 3.49. The van der Waals surface area contributed by atoms with Crippen molar-refractivity contribution in [2.24, 2.45) is 0 Å². The minimum atomic E-state index is -2.08. The number of hydrogen-bond donors (Lipinski definition) is 5. The second-order valence-electron chi connectivity index (χ2n) is 5.13. The van der Waals surface area contributed by atoms with E-state index in [2.05, 4.69) is 4.74 Å². The van der Waals surface area contributed by atoms with Crippen LogP contribution in [-0.2, 0) is 23.8 Å².